The summed E-state index contributed by atoms with van der Waals surface area (Å²) in [5.41, 5.74) is 0.843. The topological polar surface area (TPSA) is 17.1 Å². The number of thioether (sulfide) groups is 1. The monoisotopic (exact) mass is 244 g/mol. The van der Waals surface area contributed by atoms with Crippen molar-refractivity contribution in [1.82, 2.24) is 0 Å². The summed E-state index contributed by atoms with van der Waals surface area (Å²) in [4.78, 5) is 11.8. The number of carbonyl (C=O) groups excluding carboxylic acids is 1. The van der Waals surface area contributed by atoms with E-state index in [2.05, 4.69) is 0 Å². The molecule has 15 heavy (non-hydrogen) atoms. The first-order chi connectivity index (χ1) is 7.09. The lowest BCUT2D eigenvalue weighted by Crippen LogP contribution is -2.07. The molecule has 1 aliphatic rings. The van der Waals surface area contributed by atoms with Crippen LogP contribution in [0, 0.1) is 5.82 Å². The fraction of sp³-hybridized carbons (Fsp3) is 0.364. The first kappa shape index (κ1) is 11.0. The van der Waals surface area contributed by atoms with Crippen LogP contribution >= 0.6 is 23.4 Å². The van der Waals surface area contributed by atoms with Gasteiger partial charge in [0.2, 0.25) is 0 Å². The predicted molar refractivity (Wildman–Crippen MR) is 61.1 cm³/mol. The van der Waals surface area contributed by atoms with Crippen LogP contribution in [0.15, 0.2) is 12.1 Å². The van der Waals surface area contributed by atoms with Crippen molar-refractivity contribution in [2.45, 2.75) is 24.3 Å². The van der Waals surface area contributed by atoms with E-state index in [1.807, 2.05) is 6.92 Å². The molecule has 1 unspecified atom stereocenters. The Balaban J connectivity index is 2.57. The second kappa shape index (κ2) is 4.14. The molecule has 0 amide bonds. The summed E-state index contributed by atoms with van der Waals surface area (Å²) in [6, 6.07) is 2.78. The number of rotatable bonds is 0. The second-order valence-electron chi connectivity index (χ2n) is 3.63. The number of halogens is 2. The molecule has 0 saturated carbocycles. The van der Waals surface area contributed by atoms with Crippen molar-refractivity contribution < 1.29 is 9.18 Å². The molecule has 0 fully saturated rings. The molecule has 2 rings (SSSR count). The maximum atomic E-state index is 13.5. The largest absolute Gasteiger partial charge is 0.294 e. The standard InChI is InChI=1S/C11H10ClFOS/c1-6-4-10(14)11-7(5-15-6)8(12)2-3-9(11)13/h2-3,6H,4-5H2,1H3. The lowest BCUT2D eigenvalue weighted by atomic mass is 10.0. The number of Topliss-reactive ketones (excluding diaryl/α,β-unsaturated/α-hetero) is 1. The zero-order valence-corrected chi connectivity index (χ0v) is 9.79. The van der Waals surface area contributed by atoms with Gasteiger partial charge in [-0.1, -0.05) is 18.5 Å². The number of benzene rings is 1. The Hall–Kier alpha value is -0.540. The van der Waals surface area contributed by atoms with Crippen molar-refractivity contribution in [3.8, 4) is 0 Å². The number of hydrogen-bond acceptors (Lipinski definition) is 2. The van der Waals surface area contributed by atoms with E-state index in [0.29, 0.717) is 22.8 Å². The van der Waals surface area contributed by atoms with Gasteiger partial charge in [-0.25, -0.2) is 4.39 Å². The molecule has 1 aliphatic heterocycles. The summed E-state index contributed by atoms with van der Waals surface area (Å²) in [7, 11) is 0. The number of ketones is 1. The van der Waals surface area contributed by atoms with Gasteiger partial charge in [0.05, 0.1) is 5.56 Å². The smallest absolute Gasteiger partial charge is 0.167 e. The van der Waals surface area contributed by atoms with Gasteiger partial charge in [0.1, 0.15) is 5.82 Å². The van der Waals surface area contributed by atoms with Crippen LogP contribution in [0.4, 0.5) is 4.39 Å². The molecule has 80 valence electrons. The minimum Gasteiger partial charge on any atom is -0.294 e. The van der Waals surface area contributed by atoms with Crippen molar-refractivity contribution in [2.75, 3.05) is 0 Å². The molecule has 1 atom stereocenters. The minimum absolute atomic E-state index is 0.137. The third kappa shape index (κ3) is 2.04. The van der Waals surface area contributed by atoms with Gasteiger partial charge in [0.25, 0.3) is 0 Å². The van der Waals surface area contributed by atoms with Gasteiger partial charge >= 0.3 is 0 Å². The zero-order chi connectivity index (χ0) is 11.0. The molecule has 1 aromatic rings. The van der Waals surface area contributed by atoms with Gasteiger partial charge in [-0.15, -0.1) is 0 Å². The SMILES string of the molecule is CC1CC(=O)c2c(F)ccc(Cl)c2CS1. The van der Waals surface area contributed by atoms with Crippen molar-refractivity contribution in [1.29, 1.82) is 0 Å². The molecule has 1 heterocycles. The highest BCUT2D eigenvalue weighted by molar-refractivity contribution is 7.99. The molecule has 0 saturated heterocycles. The average Bonchev–Trinajstić information content (AvgIpc) is 2.32. The van der Waals surface area contributed by atoms with Crippen LogP contribution in [0.25, 0.3) is 0 Å². The van der Waals surface area contributed by atoms with Crippen LogP contribution in [-0.2, 0) is 5.75 Å². The van der Waals surface area contributed by atoms with Crippen LogP contribution in [0.3, 0.4) is 0 Å². The molecular weight excluding hydrogens is 235 g/mol. The van der Waals surface area contributed by atoms with E-state index >= 15 is 0 Å². The molecular formula is C11H10ClFOS. The Labute approximate surface area is 97.0 Å². The average molecular weight is 245 g/mol. The van der Waals surface area contributed by atoms with Gasteiger partial charge in [-0.3, -0.25) is 4.79 Å². The van der Waals surface area contributed by atoms with Gasteiger partial charge in [0, 0.05) is 22.4 Å². The van der Waals surface area contributed by atoms with Crippen LogP contribution in [0.2, 0.25) is 5.02 Å². The van der Waals surface area contributed by atoms with Gasteiger partial charge in [-0.05, 0) is 17.7 Å². The number of hydrogen-bond donors (Lipinski definition) is 0. The van der Waals surface area contributed by atoms with E-state index in [9.17, 15) is 9.18 Å². The maximum absolute atomic E-state index is 13.5. The minimum atomic E-state index is -0.450. The van der Waals surface area contributed by atoms with Crippen molar-refractivity contribution in [3.05, 3.63) is 34.1 Å². The lowest BCUT2D eigenvalue weighted by Gasteiger charge is -2.06. The molecule has 0 aromatic heterocycles. The molecule has 0 aliphatic carbocycles. The van der Waals surface area contributed by atoms with E-state index in [-0.39, 0.29) is 16.6 Å². The number of fused-ring (bicyclic) bond motifs is 1. The first-order valence-electron chi connectivity index (χ1n) is 4.71. The summed E-state index contributed by atoms with van der Waals surface area (Å²) in [5.74, 6) is 0.0235. The Bertz CT molecular complexity index is 419. The highest BCUT2D eigenvalue weighted by Crippen LogP contribution is 2.34. The van der Waals surface area contributed by atoms with Gasteiger partial charge in [-0.2, -0.15) is 11.8 Å². The highest BCUT2D eigenvalue weighted by atomic mass is 35.5. The van der Waals surface area contributed by atoms with Crippen molar-refractivity contribution in [3.63, 3.8) is 0 Å². The number of carbonyl (C=O) groups is 1. The predicted octanol–water partition coefficient (Wildman–Crippen LogP) is 3.69. The third-order valence-electron chi connectivity index (χ3n) is 2.47. The maximum Gasteiger partial charge on any atom is 0.167 e. The van der Waals surface area contributed by atoms with E-state index < -0.39 is 5.82 Å². The summed E-state index contributed by atoms with van der Waals surface area (Å²) >= 11 is 7.60. The van der Waals surface area contributed by atoms with E-state index in [0.717, 1.165) is 0 Å². The molecule has 0 bridgehead atoms. The summed E-state index contributed by atoms with van der Waals surface area (Å²) in [5, 5.41) is 0.710. The van der Waals surface area contributed by atoms with Crippen molar-refractivity contribution in [2.24, 2.45) is 0 Å². The Kier molecular flexibility index (Phi) is 3.03. The molecule has 1 nitrogen and oxygen atoms in total. The summed E-state index contributed by atoms with van der Waals surface area (Å²) in [6.45, 7) is 1.97. The van der Waals surface area contributed by atoms with Gasteiger partial charge < -0.3 is 0 Å². The van der Waals surface area contributed by atoms with Crippen LogP contribution in [0.5, 0.6) is 0 Å². The Morgan fingerprint density at radius 3 is 3.00 bits per heavy atom. The van der Waals surface area contributed by atoms with Crippen LogP contribution < -0.4 is 0 Å². The summed E-state index contributed by atoms with van der Waals surface area (Å²) < 4.78 is 13.5. The molecule has 1 aromatic carbocycles. The van der Waals surface area contributed by atoms with Crippen molar-refractivity contribution >= 4 is 29.1 Å². The Morgan fingerprint density at radius 2 is 2.27 bits per heavy atom. The summed E-state index contributed by atoms with van der Waals surface area (Å²) in [6.07, 6.45) is 0.384. The van der Waals surface area contributed by atoms with Crippen LogP contribution in [0.1, 0.15) is 29.3 Å². The van der Waals surface area contributed by atoms with E-state index in [4.69, 9.17) is 11.6 Å². The molecule has 0 spiro atoms. The fourth-order valence-corrected chi connectivity index (χ4v) is 3.01. The first-order valence-corrected chi connectivity index (χ1v) is 6.14. The fourth-order valence-electron chi connectivity index (χ4n) is 1.68. The van der Waals surface area contributed by atoms with Gasteiger partial charge in [0.15, 0.2) is 5.78 Å². The lowest BCUT2D eigenvalue weighted by molar-refractivity contribution is 0.0980. The molecule has 0 radical (unpaired) electrons. The van der Waals surface area contributed by atoms with E-state index in [1.165, 1.54) is 12.1 Å². The Morgan fingerprint density at radius 1 is 1.53 bits per heavy atom. The zero-order valence-electron chi connectivity index (χ0n) is 8.22. The normalized spacial score (nSPS) is 21.0. The second-order valence-corrected chi connectivity index (χ2v) is 5.47. The molecule has 4 heteroatoms. The highest BCUT2D eigenvalue weighted by Gasteiger charge is 2.25. The van der Waals surface area contributed by atoms with E-state index in [1.54, 1.807) is 11.8 Å². The molecule has 0 N–H and O–H groups in total. The quantitative estimate of drug-likeness (QED) is 0.693. The third-order valence-corrected chi connectivity index (χ3v) is 4.01. The van der Waals surface area contributed by atoms with Crippen LogP contribution in [-0.4, -0.2) is 11.0 Å².